The van der Waals surface area contributed by atoms with E-state index in [4.69, 9.17) is 14.0 Å². The van der Waals surface area contributed by atoms with E-state index in [1.165, 1.54) is 0 Å². The Morgan fingerprint density at radius 3 is 0.774 bits per heavy atom. The Hall–Kier alpha value is 1.20. The number of hydrogen-bond donors (Lipinski definition) is 0. The molecule has 0 saturated carbocycles. The maximum Gasteiger partial charge on any atom is 0 e. The van der Waals surface area contributed by atoms with Crippen LogP contribution in [0.1, 0.15) is 60.8 Å². The van der Waals surface area contributed by atoms with Crippen molar-refractivity contribution in [3.8, 4) is 0 Å². The van der Waals surface area contributed by atoms with Gasteiger partial charge in [0.05, 0.1) is 0 Å². The molecule has 1 fully saturated rings. The van der Waals surface area contributed by atoms with Crippen LogP contribution in [0.3, 0.4) is 0 Å². The Bertz CT molecular complexity index is 352. The molecular formula is C24H45MoO3P3. The van der Waals surface area contributed by atoms with Crippen LogP contribution in [0.25, 0.3) is 0 Å². The molecule has 0 bridgehead atoms. The average Bonchev–Trinajstić information content (AvgIpc) is 2.70. The SMILES string of the molecule is CC(C)CP1CCCP(CC(C)C)CCCP(CC(C)C)CCC1.[C-]#[O+].[C-]#[O+].[C-]#[O+].[Mo]. The summed E-state index contributed by atoms with van der Waals surface area (Å²) < 4.78 is 22.5. The molecule has 1 saturated heterocycles. The molecule has 1 rings (SSSR count). The number of rotatable bonds is 6. The molecule has 1 heterocycles. The molecule has 7 heteroatoms. The molecule has 0 atom stereocenters. The van der Waals surface area contributed by atoms with Crippen molar-refractivity contribution in [1.29, 1.82) is 0 Å². The van der Waals surface area contributed by atoms with Crippen LogP contribution < -0.4 is 0 Å². The van der Waals surface area contributed by atoms with Gasteiger partial charge in [0.2, 0.25) is 0 Å². The van der Waals surface area contributed by atoms with Crippen molar-refractivity contribution < 1.29 is 35.0 Å². The van der Waals surface area contributed by atoms with Gasteiger partial charge in [-0.05, 0) is 92.5 Å². The van der Waals surface area contributed by atoms with E-state index in [9.17, 15) is 0 Å². The van der Waals surface area contributed by atoms with Crippen molar-refractivity contribution in [1.82, 2.24) is 0 Å². The van der Waals surface area contributed by atoms with Gasteiger partial charge in [-0.1, -0.05) is 41.5 Å². The molecule has 0 radical (unpaired) electrons. The van der Waals surface area contributed by atoms with Gasteiger partial charge in [-0.2, -0.15) is 0 Å². The standard InChI is InChI=1S/C21H45P3.3CO.Mo/c1-19(2)16-22-10-7-12-23(17-20(3)4)14-9-15-24(13-8-11-22)18-21(5)6;3*1-2;/h19-21H,7-18H2,1-6H3;;;;. The fraction of sp³-hybridized carbons (Fsp3) is 0.875. The first-order valence-electron chi connectivity index (χ1n) is 11.1. The first-order valence-corrected chi connectivity index (χ1v) is 16.8. The van der Waals surface area contributed by atoms with E-state index in [0.29, 0.717) is 23.8 Å². The van der Waals surface area contributed by atoms with Crippen LogP contribution >= 0.6 is 23.8 Å². The summed E-state index contributed by atoms with van der Waals surface area (Å²) in [6.45, 7) is 28.1. The Labute approximate surface area is 212 Å². The molecule has 0 aromatic heterocycles. The van der Waals surface area contributed by atoms with Crippen LogP contribution in [-0.2, 0) is 35.0 Å². The normalized spacial score (nSPS) is 22.0. The summed E-state index contributed by atoms with van der Waals surface area (Å²) in [6, 6.07) is 0. The summed E-state index contributed by atoms with van der Waals surface area (Å²) >= 11 is 0. The Balaban J connectivity index is -0.000000477. The van der Waals surface area contributed by atoms with Gasteiger partial charge in [0, 0.05) is 21.1 Å². The maximum atomic E-state index is 7.50. The molecule has 0 aromatic carbocycles. The van der Waals surface area contributed by atoms with Crippen LogP contribution in [0.5, 0.6) is 0 Å². The molecule has 1 aliphatic rings. The van der Waals surface area contributed by atoms with E-state index in [1.807, 2.05) is 0 Å². The molecule has 0 unspecified atom stereocenters. The van der Waals surface area contributed by atoms with Crippen LogP contribution in [0, 0.1) is 37.7 Å². The first-order chi connectivity index (χ1) is 14.4. The van der Waals surface area contributed by atoms with Crippen LogP contribution in [0.4, 0.5) is 0 Å². The van der Waals surface area contributed by atoms with Gasteiger partial charge in [-0.25, -0.2) is 0 Å². The second-order valence-corrected chi connectivity index (χ2v) is 16.9. The maximum absolute atomic E-state index is 7.50. The predicted octanol–water partition coefficient (Wildman–Crippen LogP) is 7.47. The largest absolute Gasteiger partial charge is 0 e. The van der Waals surface area contributed by atoms with E-state index in [0.717, 1.165) is 17.8 Å². The molecule has 0 spiro atoms. The molecule has 0 aromatic rings. The van der Waals surface area contributed by atoms with E-state index in [-0.39, 0.29) is 21.1 Å². The van der Waals surface area contributed by atoms with Crippen molar-refractivity contribution >= 4 is 23.8 Å². The zero-order chi connectivity index (χ0) is 23.9. The summed E-state index contributed by atoms with van der Waals surface area (Å²) in [5, 5.41) is 0. The molecular weight excluding hydrogens is 525 g/mol. The third-order valence-electron chi connectivity index (χ3n) is 4.72. The van der Waals surface area contributed by atoms with Gasteiger partial charge < -0.3 is 0 Å². The van der Waals surface area contributed by atoms with Gasteiger partial charge in [-0.15, -0.1) is 23.8 Å². The fourth-order valence-electron chi connectivity index (χ4n) is 3.99. The van der Waals surface area contributed by atoms with Crippen molar-refractivity contribution in [3.05, 3.63) is 20.0 Å². The van der Waals surface area contributed by atoms with Gasteiger partial charge in [0.1, 0.15) is 0 Å². The van der Waals surface area contributed by atoms with Crippen molar-refractivity contribution in [2.45, 2.75) is 60.8 Å². The van der Waals surface area contributed by atoms with E-state index >= 15 is 0 Å². The molecule has 0 amide bonds. The Morgan fingerprint density at radius 2 is 0.645 bits per heavy atom. The predicted molar refractivity (Wildman–Crippen MR) is 135 cm³/mol. The Morgan fingerprint density at radius 1 is 0.484 bits per heavy atom. The minimum absolute atomic E-state index is 0. The van der Waals surface area contributed by atoms with Crippen molar-refractivity contribution in [2.75, 3.05) is 55.5 Å². The zero-order valence-electron chi connectivity index (χ0n) is 20.7. The minimum Gasteiger partial charge on any atom is 0 e. The van der Waals surface area contributed by atoms with E-state index < -0.39 is 0 Å². The van der Waals surface area contributed by atoms with Gasteiger partial charge in [0.15, 0.2) is 0 Å². The summed E-state index contributed by atoms with van der Waals surface area (Å²) in [5.74, 6) is 2.75. The molecule has 180 valence electrons. The molecule has 0 N–H and O–H groups in total. The molecule has 31 heavy (non-hydrogen) atoms. The molecule has 3 nitrogen and oxygen atoms in total. The summed E-state index contributed by atoms with van der Waals surface area (Å²) in [6.07, 6.45) is 18.8. The van der Waals surface area contributed by atoms with E-state index in [1.54, 1.807) is 74.7 Å². The van der Waals surface area contributed by atoms with Crippen LogP contribution in [-0.4, -0.2) is 55.5 Å². The number of hydrogen-bond acceptors (Lipinski definition) is 0. The third kappa shape index (κ3) is 27.3. The molecule has 1 aliphatic heterocycles. The molecule has 0 aliphatic carbocycles. The summed E-state index contributed by atoms with van der Waals surface area (Å²) in [7, 11) is 1.01. The topological polar surface area (TPSA) is 59.7 Å². The van der Waals surface area contributed by atoms with Gasteiger partial charge in [0.25, 0.3) is 0 Å². The second-order valence-electron chi connectivity index (χ2n) is 9.14. The third-order valence-corrected chi connectivity index (χ3v) is 14.1. The smallest absolute Gasteiger partial charge is 0 e. The van der Waals surface area contributed by atoms with Crippen LogP contribution in [0.2, 0.25) is 0 Å². The minimum atomic E-state index is 0. The Kier molecular flexibility index (Phi) is 37.2. The average molecular weight is 570 g/mol. The fourth-order valence-corrected chi connectivity index (χ4v) is 13.2. The first kappa shape index (κ1) is 39.4. The summed E-state index contributed by atoms with van der Waals surface area (Å²) in [4.78, 5) is 0. The van der Waals surface area contributed by atoms with Gasteiger partial charge >= 0.3 is 33.9 Å². The quantitative estimate of drug-likeness (QED) is 0.138. The second kappa shape index (κ2) is 29.2. The van der Waals surface area contributed by atoms with Crippen molar-refractivity contribution in [2.24, 2.45) is 17.8 Å². The monoisotopic (exact) mass is 572 g/mol. The van der Waals surface area contributed by atoms with Crippen LogP contribution in [0.15, 0.2) is 0 Å². The zero-order valence-corrected chi connectivity index (χ0v) is 25.4. The van der Waals surface area contributed by atoms with Gasteiger partial charge in [-0.3, -0.25) is 0 Å². The van der Waals surface area contributed by atoms with Crippen molar-refractivity contribution in [3.63, 3.8) is 0 Å². The van der Waals surface area contributed by atoms with E-state index in [2.05, 4.69) is 61.5 Å². The summed E-state index contributed by atoms with van der Waals surface area (Å²) in [5.41, 5.74) is 0.